The Hall–Kier alpha value is -1.97. The molecule has 1 aliphatic heterocycles. The van der Waals surface area contributed by atoms with Crippen LogP contribution in [0.15, 0.2) is 11.1 Å². The molecule has 0 unspecified atom stereocenters. The van der Waals surface area contributed by atoms with Crippen molar-refractivity contribution in [3.63, 3.8) is 0 Å². The molecule has 3 heterocycles. The van der Waals surface area contributed by atoms with Gasteiger partial charge in [0.15, 0.2) is 11.2 Å². The fourth-order valence-corrected chi connectivity index (χ4v) is 4.16. The number of aromatic nitrogens is 4. The van der Waals surface area contributed by atoms with Crippen molar-refractivity contribution >= 4 is 17.1 Å². The van der Waals surface area contributed by atoms with E-state index in [2.05, 4.69) is 15.0 Å². The van der Waals surface area contributed by atoms with Crippen molar-refractivity contribution in [2.24, 2.45) is 5.92 Å². The van der Waals surface area contributed by atoms with E-state index in [1.54, 1.807) is 4.57 Å². The molecule has 9 heteroatoms. The van der Waals surface area contributed by atoms with Crippen molar-refractivity contribution in [3.8, 4) is 0 Å². The Balaban J connectivity index is 1.58. The predicted octanol–water partition coefficient (Wildman–Crippen LogP) is -1.12. The average Bonchev–Trinajstić information content (AvgIpc) is 2.77. The second-order valence-corrected chi connectivity index (χ2v) is 6.65. The number of nitrogen functional groups attached to an aromatic ring is 1. The molecule has 0 aromatic carbocycles. The summed E-state index contributed by atoms with van der Waals surface area (Å²) in [7, 11) is 0. The van der Waals surface area contributed by atoms with Crippen LogP contribution >= 0.6 is 0 Å². The maximum atomic E-state index is 11.8. The van der Waals surface area contributed by atoms with Gasteiger partial charge in [0.25, 0.3) is 5.56 Å². The molecule has 0 radical (unpaired) electrons. The summed E-state index contributed by atoms with van der Waals surface area (Å²) in [5.74, 6) is 0.122. The van der Waals surface area contributed by atoms with Gasteiger partial charge >= 0.3 is 0 Å². The Kier molecular flexibility index (Phi) is 2.00. The number of hydrogen-bond acceptors (Lipinski definition) is 7. The number of aromatic amines is 1. The van der Waals surface area contributed by atoms with Gasteiger partial charge in [0.05, 0.1) is 17.5 Å². The van der Waals surface area contributed by atoms with Crippen molar-refractivity contribution in [2.75, 3.05) is 5.73 Å². The molecule has 2 aliphatic carbocycles. The highest BCUT2D eigenvalue weighted by Gasteiger charge is 2.75. The molecule has 5 atom stereocenters. The molecule has 22 heavy (non-hydrogen) atoms. The van der Waals surface area contributed by atoms with Gasteiger partial charge in [0, 0.05) is 6.42 Å². The van der Waals surface area contributed by atoms with Crippen molar-refractivity contribution in [1.29, 1.82) is 0 Å². The summed E-state index contributed by atoms with van der Waals surface area (Å²) in [4.78, 5) is 22.4. The van der Waals surface area contributed by atoms with Crippen LogP contribution in [0, 0.1) is 5.92 Å². The first kappa shape index (κ1) is 12.6. The van der Waals surface area contributed by atoms with Crippen LogP contribution in [0.2, 0.25) is 0 Å². The third-order valence-electron chi connectivity index (χ3n) is 5.24. The lowest BCUT2D eigenvalue weighted by atomic mass is 9.92. The third-order valence-corrected chi connectivity index (χ3v) is 5.24. The van der Waals surface area contributed by atoms with Crippen LogP contribution in [0.1, 0.15) is 25.5 Å². The van der Waals surface area contributed by atoms with Gasteiger partial charge in [-0.2, -0.15) is 4.98 Å². The van der Waals surface area contributed by atoms with Crippen LogP contribution in [-0.2, 0) is 4.74 Å². The highest BCUT2D eigenvalue weighted by molar-refractivity contribution is 5.70. The van der Waals surface area contributed by atoms with Crippen LogP contribution in [0.5, 0.6) is 0 Å². The van der Waals surface area contributed by atoms with Gasteiger partial charge in [-0.25, -0.2) is 4.98 Å². The van der Waals surface area contributed by atoms with E-state index in [9.17, 15) is 15.0 Å². The number of aliphatic hydroxyl groups is 2. The molecular formula is C13H15N5O4. The number of rotatable bonds is 1. The Labute approximate surface area is 123 Å². The molecule has 2 aromatic rings. The SMILES string of the molecule is Nc1nc2c(ncn2[C@H]2C[C@@]3(O)C[C@@H]4C[C@]4(O)[C@H]3O2)c(=O)[nH]1. The molecule has 0 bridgehead atoms. The molecule has 5 rings (SSSR count). The lowest BCUT2D eigenvalue weighted by molar-refractivity contribution is -0.106. The van der Waals surface area contributed by atoms with E-state index in [1.807, 2.05) is 0 Å². The summed E-state index contributed by atoms with van der Waals surface area (Å²) >= 11 is 0. The number of anilines is 1. The maximum Gasteiger partial charge on any atom is 0.280 e. The van der Waals surface area contributed by atoms with Crippen molar-refractivity contribution < 1.29 is 14.9 Å². The van der Waals surface area contributed by atoms with Crippen LogP contribution in [0.25, 0.3) is 11.2 Å². The lowest BCUT2D eigenvalue weighted by Gasteiger charge is -2.24. The molecule has 2 saturated carbocycles. The molecular weight excluding hydrogens is 290 g/mol. The van der Waals surface area contributed by atoms with E-state index in [-0.39, 0.29) is 17.4 Å². The van der Waals surface area contributed by atoms with Gasteiger partial charge in [-0.15, -0.1) is 0 Å². The molecule has 1 saturated heterocycles. The van der Waals surface area contributed by atoms with Gasteiger partial charge in [-0.3, -0.25) is 14.3 Å². The fourth-order valence-electron chi connectivity index (χ4n) is 4.16. The zero-order chi connectivity index (χ0) is 15.3. The minimum Gasteiger partial charge on any atom is -0.387 e. The predicted molar refractivity (Wildman–Crippen MR) is 73.7 cm³/mol. The number of H-pyrrole nitrogens is 1. The van der Waals surface area contributed by atoms with E-state index in [0.29, 0.717) is 24.9 Å². The Morgan fingerprint density at radius 3 is 3.00 bits per heavy atom. The van der Waals surface area contributed by atoms with Crippen molar-refractivity contribution in [2.45, 2.75) is 42.8 Å². The highest BCUT2D eigenvalue weighted by Crippen LogP contribution is 2.65. The van der Waals surface area contributed by atoms with Gasteiger partial charge in [0.2, 0.25) is 5.95 Å². The minimum atomic E-state index is -1.04. The summed E-state index contributed by atoms with van der Waals surface area (Å²) < 4.78 is 7.50. The van der Waals surface area contributed by atoms with Crippen molar-refractivity contribution in [1.82, 2.24) is 19.5 Å². The van der Waals surface area contributed by atoms with Gasteiger partial charge in [0.1, 0.15) is 12.3 Å². The number of imidazole rings is 1. The molecule has 0 amide bonds. The number of nitrogens with two attached hydrogens (primary N) is 1. The van der Waals surface area contributed by atoms with Crippen LogP contribution in [0.3, 0.4) is 0 Å². The molecule has 2 aromatic heterocycles. The topological polar surface area (TPSA) is 139 Å². The second-order valence-electron chi connectivity index (χ2n) is 6.65. The Bertz CT molecular complexity index is 862. The van der Waals surface area contributed by atoms with E-state index in [1.165, 1.54) is 6.33 Å². The fraction of sp³-hybridized carbons (Fsp3) is 0.615. The first-order valence-corrected chi connectivity index (χ1v) is 7.23. The first-order chi connectivity index (χ1) is 10.4. The molecule has 9 nitrogen and oxygen atoms in total. The smallest absolute Gasteiger partial charge is 0.280 e. The van der Waals surface area contributed by atoms with E-state index < -0.39 is 29.1 Å². The standard InChI is InChI=1S/C13H15N5O4/c14-11-16-8-7(9(19)17-11)15-4-18(8)6-3-12(20)1-5-2-13(5,21)10(12)22-6/h4-6,10,20-21H,1-3H2,(H3,14,16,17,19)/t5-,6-,10+,12+,13-/m1/s1. The maximum absolute atomic E-state index is 11.8. The lowest BCUT2D eigenvalue weighted by Crippen LogP contribution is -2.41. The zero-order valence-corrected chi connectivity index (χ0v) is 11.6. The summed E-state index contributed by atoms with van der Waals surface area (Å²) in [5.41, 5.74) is 3.70. The molecule has 3 aliphatic rings. The van der Waals surface area contributed by atoms with Gasteiger partial charge in [-0.1, -0.05) is 0 Å². The Morgan fingerprint density at radius 1 is 1.41 bits per heavy atom. The number of hydrogen-bond donors (Lipinski definition) is 4. The zero-order valence-electron chi connectivity index (χ0n) is 11.6. The third kappa shape index (κ3) is 1.36. The average molecular weight is 305 g/mol. The Morgan fingerprint density at radius 2 is 2.23 bits per heavy atom. The summed E-state index contributed by atoms with van der Waals surface area (Å²) in [6, 6.07) is 0. The molecule has 116 valence electrons. The number of nitrogens with zero attached hydrogens (tertiary/aromatic N) is 3. The highest BCUT2D eigenvalue weighted by atomic mass is 16.6. The quantitative estimate of drug-likeness (QED) is 0.523. The van der Waals surface area contributed by atoms with E-state index in [4.69, 9.17) is 10.5 Å². The normalized spacial score (nSPS) is 42.5. The summed E-state index contributed by atoms with van der Waals surface area (Å²) in [5, 5.41) is 21.1. The first-order valence-electron chi connectivity index (χ1n) is 7.23. The monoisotopic (exact) mass is 305 g/mol. The number of ether oxygens (including phenoxy) is 1. The molecule has 5 N–H and O–H groups in total. The molecule has 0 spiro atoms. The second kappa shape index (κ2) is 3.50. The van der Waals surface area contributed by atoms with E-state index >= 15 is 0 Å². The number of fused-ring (bicyclic) bond motifs is 4. The van der Waals surface area contributed by atoms with Crippen LogP contribution in [-0.4, -0.2) is 47.0 Å². The number of nitrogens with one attached hydrogen (secondary N) is 1. The summed E-state index contributed by atoms with van der Waals surface area (Å²) in [6.45, 7) is 0. The molecule has 3 fully saturated rings. The van der Waals surface area contributed by atoms with Gasteiger partial charge < -0.3 is 20.7 Å². The van der Waals surface area contributed by atoms with Crippen LogP contribution < -0.4 is 11.3 Å². The largest absolute Gasteiger partial charge is 0.387 e. The summed E-state index contributed by atoms with van der Waals surface area (Å²) in [6.07, 6.45) is 1.85. The van der Waals surface area contributed by atoms with Crippen molar-refractivity contribution in [3.05, 3.63) is 16.7 Å². The minimum absolute atomic E-state index is 0.00274. The van der Waals surface area contributed by atoms with Gasteiger partial charge in [-0.05, 0) is 18.8 Å². The van der Waals surface area contributed by atoms with Crippen LogP contribution in [0.4, 0.5) is 5.95 Å². The van der Waals surface area contributed by atoms with E-state index in [0.717, 1.165) is 0 Å².